The van der Waals surface area contributed by atoms with E-state index < -0.39 is 11.6 Å². The lowest BCUT2D eigenvalue weighted by molar-refractivity contribution is 0.581. The number of aromatic nitrogens is 1. The minimum absolute atomic E-state index is 0.156. The average molecular weight is 376 g/mol. The molecule has 1 aromatic heterocycles. The summed E-state index contributed by atoms with van der Waals surface area (Å²) in [5.41, 5.74) is 0.923. The van der Waals surface area contributed by atoms with Crippen LogP contribution in [0.3, 0.4) is 0 Å². The van der Waals surface area contributed by atoms with Crippen molar-refractivity contribution >= 4 is 59.9 Å². The molecule has 1 heterocycles. The molecule has 7 heteroatoms. The van der Waals surface area contributed by atoms with Gasteiger partial charge in [-0.1, -0.05) is 22.9 Å². The molecular weight excluding hydrogens is 370 g/mol. The number of benzene rings is 2. The Morgan fingerprint density at radius 3 is 2.75 bits per heavy atom. The highest BCUT2D eigenvalue weighted by Gasteiger charge is 2.11. The maximum Gasteiger partial charge on any atom is 0.188 e. The summed E-state index contributed by atoms with van der Waals surface area (Å²) in [7, 11) is 0. The van der Waals surface area contributed by atoms with Gasteiger partial charge in [0.2, 0.25) is 0 Å². The molecule has 0 radical (unpaired) electrons. The Kier molecular flexibility index (Phi) is 3.62. The first-order valence-corrected chi connectivity index (χ1v) is 7.49. The summed E-state index contributed by atoms with van der Waals surface area (Å²) in [5, 5.41) is 3.97. The molecule has 0 unspecified atom stereocenters. The zero-order chi connectivity index (χ0) is 14.3. The molecule has 20 heavy (non-hydrogen) atoms. The largest absolute Gasteiger partial charge is 0.329 e. The molecule has 0 aliphatic carbocycles. The van der Waals surface area contributed by atoms with Crippen LogP contribution in [-0.2, 0) is 0 Å². The molecule has 102 valence electrons. The summed E-state index contributed by atoms with van der Waals surface area (Å²) in [6, 6.07) is 7.47. The number of anilines is 2. The molecule has 0 atom stereocenters. The Morgan fingerprint density at radius 2 is 1.95 bits per heavy atom. The summed E-state index contributed by atoms with van der Waals surface area (Å²) in [4.78, 5) is 4.32. The van der Waals surface area contributed by atoms with Gasteiger partial charge in [-0.05, 0) is 40.2 Å². The summed E-state index contributed by atoms with van der Waals surface area (Å²) in [6.07, 6.45) is 0. The Hall–Kier alpha value is -1.24. The molecule has 2 aromatic carbocycles. The van der Waals surface area contributed by atoms with Gasteiger partial charge in [-0.3, -0.25) is 0 Å². The van der Waals surface area contributed by atoms with Gasteiger partial charge in [-0.2, -0.15) is 0 Å². The van der Waals surface area contributed by atoms with Crippen molar-refractivity contribution in [2.24, 2.45) is 0 Å². The van der Waals surface area contributed by atoms with E-state index in [4.69, 9.17) is 11.6 Å². The van der Waals surface area contributed by atoms with Crippen molar-refractivity contribution in [1.29, 1.82) is 0 Å². The van der Waals surface area contributed by atoms with E-state index in [0.717, 1.165) is 16.3 Å². The van der Waals surface area contributed by atoms with Crippen LogP contribution < -0.4 is 5.32 Å². The zero-order valence-corrected chi connectivity index (χ0v) is 12.9. The zero-order valence-electron chi connectivity index (χ0n) is 9.75. The SMILES string of the molecule is Fc1cc(F)c(Nc2nc3ccc(Cl)cc3s2)cc1Br. The molecule has 0 bridgehead atoms. The molecule has 1 N–H and O–H groups in total. The summed E-state index contributed by atoms with van der Waals surface area (Å²) < 4.78 is 27.9. The molecule has 3 aromatic rings. The number of rotatable bonds is 2. The smallest absolute Gasteiger partial charge is 0.188 e. The first-order chi connectivity index (χ1) is 9.52. The first kappa shape index (κ1) is 13.7. The van der Waals surface area contributed by atoms with E-state index in [0.29, 0.717) is 10.2 Å². The van der Waals surface area contributed by atoms with Crippen LogP contribution in [0.1, 0.15) is 0 Å². The van der Waals surface area contributed by atoms with E-state index in [2.05, 4.69) is 26.2 Å². The van der Waals surface area contributed by atoms with E-state index in [-0.39, 0.29) is 10.2 Å². The molecule has 3 rings (SSSR count). The highest BCUT2D eigenvalue weighted by Crippen LogP contribution is 2.32. The third kappa shape index (κ3) is 2.63. The standard InChI is InChI=1S/C13H6BrClF2N2S/c14-7-4-11(9(17)5-8(7)16)19-13-18-10-2-1-6(15)3-12(10)20-13/h1-5H,(H,18,19). The number of nitrogens with one attached hydrogen (secondary N) is 1. The number of thiazole rings is 1. The lowest BCUT2D eigenvalue weighted by Crippen LogP contribution is -1.94. The fourth-order valence-electron chi connectivity index (χ4n) is 1.69. The van der Waals surface area contributed by atoms with Crippen LogP contribution in [-0.4, -0.2) is 4.98 Å². The first-order valence-electron chi connectivity index (χ1n) is 5.50. The van der Waals surface area contributed by atoms with Crippen molar-refractivity contribution < 1.29 is 8.78 Å². The molecule has 2 nitrogen and oxygen atoms in total. The van der Waals surface area contributed by atoms with Crippen molar-refractivity contribution in [2.75, 3.05) is 5.32 Å². The van der Waals surface area contributed by atoms with Crippen LogP contribution in [0.15, 0.2) is 34.8 Å². The van der Waals surface area contributed by atoms with Gasteiger partial charge in [0.1, 0.15) is 11.6 Å². The van der Waals surface area contributed by atoms with Crippen molar-refractivity contribution in [3.05, 3.63) is 51.5 Å². The Bertz CT molecular complexity index is 806. The van der Waals surface area contributed by atoms with Gasteiger partial charge in [0, 0.05) is 11.1 Å². The average Bonchev–Trinajstić information content (AvgIpc) is 2.77. The summed E-state index contributed by atoms with van der Waals surface area (Å²) >= 11 is 10.3. The van der Waals surface area contributed by atoms with E-state index in [9.17, 15) is 8.78 Å². The highest BCUT2D eigenvalue weighted by molar-refractivity contribution is 9.10. The molecule has 0 aliphatic rings. The third-order valence-corrected chi connectivity index (χ3v) is 4.38. The van der Waals surface area contributed by atoms with Gasteiger partial charge in [-0.15, -0.1) is 0 Å². The number of halogens is 4. The molecular formula is C13H6BrClF2N2S. The molecule has 0 saturated carbocycles. The second-order valence-corrected chi connectivity index (χ2v) is 6.32. The van der Waals surface area contributed by atoms with Gasteiger partial charge in [0.15, 0.2) is 5.13 Å². The van der Waals surface area contributed by atoms with Crippen molar-refractivity contribution in [3.8, 4) is 0 Å². The molecule has 0 saturated heterocycles. The van der Waals surface area contributed by atoms with E-state index in [1.54, 1.807) is 18.2 Å². The summed E-state index contributed by atoms with van der Waals surface area (Å²) in [5.74, 6) is -1.33. The van der Waals surface area contributed by atoms with Gasteiger partial charge in [0.25, 0.3) is 0 Å². The predicted octanol–water partition coefficient (Wildman–Crippen LogP) is 5.73. The third-order valence-electron chi connectivity index (χ3n) is 2.60. The molecule has 0 amide bonds. The van der Waals surface area contributed by atoms with E-state index in [1.807, 2.05) is 0 Å². The van der Waals surface area contributed by atoms with Gasteiger partial charge in [0.05, 0.1) is 20.4 Å². The Balaban J connectivity index is 1.99. The summed E-state index contributed by atoms with van der Waals surface area (Å²) in [6.45, 7) is 0. The second-order valence-electron chi connectivity index (χ2n) is 4.00. The minimum atomic E-state index is -0.678. The van der Waals surface area contributed by atoms with Gasteiger partial charge in [-0.25, -0.2) is 13.8 Å². The van der Waals surface area contributed by atoms with Crippen molar-refractivity contribution in [2.45, 2.75) is 0 Å². The quantitative estimate of drug-likeness (QED) is 0.578. The highest BCUT2D eigenvalue weighted by atomic mass is 79.9. The van der Waals surface area contributed by atoms with E-state index in [1.165, 1.54) is 17.4 Å². The normalized spacial score (nSPS) is 11.0. The molecule has 0 aliphatic heterocycles. The van der Waals surface area contributed by atoms with Crippen LogP contribution >= 0.6 is 38.9 Å². The van der Waals surface area contributed by atoms with Gasteiger partial charge >= 0.3 is 0 Å². The maximum atomic E-state index is 13.7. The van der Waals surface area contributed by atoms with Crippen molar-refractivity contribution in [3.63, 3.8) is 0 Å². The lowest BCUT2D eigenvalue weighted by atomic mass is 10.3. The van der Waals surface area contributed by atoms with Crippen LogP contribution in [0.4, 0.5) is 19.6 Å². The molecule has 0 fully saturated rings. The lowest BCUT2D eigenvalue weighted by Gasteiger charge is -2.05. The van der Waals surface area contributed by atoms with Crippen molar-refractivity contribution in [1.82, 2.24) is 4.98 Å². The van der Waals surface area contributed by atoms with Crippen LogP contribution in [0.2, 0.25) is 5.02 Å². The number of hydrogen-bond acceptors (Lipinski definition) is 3. The molecule has 0 spiro atoms. The second kappa shape index (κ2) is 5.27. The van der Waals surface area contributed by atoms with E-state index >= 15 is 0 Å². The van der Waals surface area contributed by atoms with Crippen LogP contribution in [0.25, 0.3) is 10.2 Å². The van der Waals surface area contributed by atoms with Crippen LogP contribution in [0.5, 0.6) is 0 Å². The fourth-order valence-corrected chi connectivity index (χ4v) is 3.18. The predicted molar refractivity (Wildman–Crippen MR) is 82.0 cm³/mol. The fraction of sp³-hybridized carbons (Fsp3) is 0. The Morgan fingerprint density at radius 1 is 1.15 bits per heavy atom. The topological polar surface area (TPSA) is 24.9 Å². The number of hydrogen-bond donors (Lipinski definition) is 1. The maximum absolute atomic E-state index is 13.7. The Labute approximate surface area is 130 Å². The van der Waals surface area contributed by atoms with Gasteiger partial charge < -0.3 is 5.32 Å². The monoisotopic (exact) mass is 374 g/mol. The van der Waals surface area contributed by atoms with Crippen LogP contribution in [0, 0.1) is 11.6 Å². The number of fused-ring (bicyclic) bond motifs is 1. The minimum Gasteiger partial charge on any atom is -0.329 e. The number of nitrogens with zero attached hydrogens (tertiary/aromatic N) is 1.